The monoisotopic (exact) mass is 419 g/mol. The van der Waals surface area contributed by atoms with Crippen molar-refractivity contribution in [3.8, 4) is 0 Å². The second-order valence-electron chi connectivity index (χ2n) is 7.97. The minimum absolute atomic E-state index is 0.0335. The van der Waals surface area contributed by atoms with Gasteiger partial charge in [0.25, 0.3) is 0 Å². The summed E-state index contributed by atoms with van der Waals surface area (Å²) in [5.74, 6) is -0.0786. The molecule has 1 aliphatic heterocycles. The number of halogens is 2. The standard InChI is InChI=1S/C21H19Cl2NO2S/c1-21(2)9-17-20(18(25)10-21)16(12-3-4-27-11-12)8-19(26)24(17)15-6-13(22)5-14(23)7-15/h3-7,11,16H,8-10H2,1-2H3/t16-/m1/s1. The van der Waals surface area contributed by atoms with Gasteiger partial charge in [-0.25, -0.2) is 0 Å². The summed E-state index contributed by atoms with van der Waals surface area (Å²) in [6, 6.07) is 7.10. The number of carbonyl (C=O) groups is 2. The molecule has 4 rings (SSSR count). The fraction of sp³-hybridized carbons (Fsp3) is 0.333. The van der Waals surface area contributed by atoms with Crippen LogP contribution in [-0.2, 0) is 9.59 Å². The Morgan fingerprint density at radius 2 is 1.81 bits per heavy atom. The third-order valence-corrected chi connectivity index (χ3v) is 6.33. The van der Waals surface area contributed by atoms with Gasteiger partial charge in [-0.05, 0) is 52.4 Å². The summed E-state index contributed by atoms with van der Waals surface area (Å²) < 4.78 is 0. The van der Waals surface area contributed by atoms with Crippen molar-refractivity contribution in [1.82, 2.24) is 0 Å². The van der Waals surface area contributed by atoms with Crippen molar-refractivity contribution in [3.63, 3.8) is 0 Å². The number of benzene rings is 1. The predicted octanol–water partition coefficient (Wildman–Crippen LogP) is 6.22. The molecule has 2 heterocycles. The van der Waals surface area contributed by atoms with Crippen LogP contribution < -0.4 is 4.90 Å². The lowest BCUT2D eigenvalue weighted by atomic mass is 9.69. The van der Waals surface area contributed by atoms with Crippen LogP contribution in [0.1, 0.15) is 44.6 Å². The van der Waals surface area contributed by atoms with E-state index in [0.717, 1.165) is 16.8 Å². The molecule has 0 unspecified atom stereocenters. The number of nitrogens with zero attached hydrogens (tertiary/aromatic N) is 1. The Hall–Kier alpha value is -1.62. The summed E-state index contributed by atoms with van der Waals surface area (Å²) in [6.45, 7) is 4.13. The molecule has 1 aliphatic carbocycles. The highest BCUT2D eigenvalue weighted by atomic mass is 35.5. The van der Waals surface area contributed by atoms with Gasteiger partial charge < -0.3 is 0 Å². The van der Waals surface area contributed by atoms with Gasteiger partial charge in [0, 0.05) is 40.1 Å². The summed E-state index contributed by atoms with van der Waals surface area (Å²) in [5, 5.41) is 4.95. The highest BCUT2D eigenvalue weighted by Crippen LogP contribution is 2.48. The van der Waals surface area contributed by atoms with Crippen LogP contribution >= 0.6 is 34.5 Å². The quantitative estimate of drug-likeness (QED) is 0.579. The molecule has 1 amide bonds. The molecule has 0 spiro atoms. The molecule has 6 heteroatoms. The minimum Gasteiger partial charge on any atom is -0.294 e. The van der Waals surface area contributed by atoms with Crippen LogP contribution in [0, 0.1) is 5.41 Å². The molecule has 0 N–H and O–H groups in total. The molecule has 1 aromatic carbocycles. The number of ketones is 1. The maximum atomic E-state index is 13.2. The number of hydrogen-bond acceptors (Lipinski definition) is 3. The van der Waals surface area contributed by atoms with Crippen LogP contribution in [0.5, 0.6) is 0 Å². The molecule has 2 aliphatic rings. The number of amides is 1. The lowest BCUT2D eigenvalue weighted by Gasteiger charge is -2.42. The van der Waals surface area contributed by atoms with E-state index in [0.29, 0.717) is 28.6 Å². The Balaban J connectivity index is 1.92. The van der Waals surface area contributed by atoms with Crippen LogP contribution in [0.15, 0.2) is 46.3 Å². The number of anilines is 1. The molecule has 3 nitrogen and oxygen atoms in total. The van der Waals surface area contributed by atoms with Gasteiger partial charge in [-0.1, -0.05) is 37.0 Å². The van der Waals surface area contributed by atoms with Crippen LogP contribution in [-0.4, -0.2) is 11.7 Å². The van der Waals surface area contributed by atoms with Gasteiger partial charge in [0.2, 0.25) is 5.91 Å². The average Bonchev–Trinajstić information content (AvgIpc) is 3.05. The van der Waals surface area contributed by atoms with Gasteiger partial charge in [-0.2, -0.15) is 11.3 Å². The zero-order valence-corrected chi connectivity index (χ0v) is 17.4. The van der Waals surface area contributed by atoms with E-state index in [1.807, 2.05) is 16.8 Å². The lowest BCUT2D eigenvalue weighted by molar-refractivity contribution is -0.121. The number of hydrogen-bond donors (Lipinski definition) is 0. The first-order valence-corrected chi connectivity index (χ1v) is 10.5. The number of thiophene rings is 1. The Morgan fingerprint density at radius 1 is 1.11 bits per heavy atom. The largest absolute Gasteiger partial charge is 0.294 e. The van der Waals surface area contributed by atoms with Gasteiger partial charge in [0.1, 0.15) is 0 Å². The van der Waals surface area contributed by atoms with E-state index in [1.165, 1.54) is 0 Å². The molecule has 0 fully saturated rings. The average molecular weight is 420 g/mol. The summed E-state index contributed by atoms with van der Waals surface area (Å²) >= 11 is 13.9. The molecule has 2 aromatic rings. The SMILES string of the molecule is CC1(C)CC(=O)C2=C(C1)N(c1cc(Cl)cc(Cl)c1)C(=O)C[C@@H]2c1ccsc1. The van der Waals surface area contributed by atoms with E-state index in [2.05, 4.69) is 13.8 Å². The van der Waals surface area contributed by atoms with E-state index >= 15 is 0 Å². The number of carbonyl (C=O) groups excluding carboxylic acids is 2. The maximum Gasteiger partial charge on any atom is 0.232 e. The molecule has 140 valence electrons. The first kappa shape index (κ1) is 18.7. The van der Waals surface area contributed by atoms with Crippen molar-refractivity contribution in [2.75, 3.05) is 4.90 Å². The third-order valence-electron chi connectivity index (χ3n) is 5.19. The van der Waals surface area contributed by atoms with Crippen LogP contribution in [0.4, 0.5) is 5.69 Å². The van der Waals surface area contributed by atoms with Crippen LogP contribution in [0.2, 0.25) is 10.0 Å². The van der Waals surface area contributed by atoms with Crippen molar-refractivity contribution in [2.45, 2.75) is 39.0 Å². The molecule has 0 bridgehead atoms. The Bertz CT molecular complexity index is 942. The van der Waals surface area contributed by atoms with Crippen LogP contribution in [0.25, 0.3) is 0 Å². The minimum atomic E-state index is -0.201. The highest BCUT2D eigenvalue weighted by molar-refractivity contribution is 7.08. The van der Waals surface area contributed by atoms with Gasteiger partial charge in [0.15, 0.2) is 5.78 Å². The van der Waals surface area contributed by atoms with Crippen molar-refractivity contribution < 1.29 is 9.59 Å². The first-order chi connectivity index (χ1) is 12.7. The van der Waals surface area contributed by atoms with Crippen molar-refractivity contribution in [1.29, 1.82) is 0 Å². The molecule has 1 aromatic heterocycles. The summed E-state index contributed by atoms with van der Waals surface area (Å²) in [6.07, 6.45) is 1.42. The molecule has 0 saturated heterocycles. The second kappa shape index (κ2) is 6.77. The topological polar surface area (TPSA) is 37.4 Å². The van der Waals surface area contributed by atoms with E-state index in [1.54, 1.807) is 34.4 Å². The van der Waals surface area contributed by atoms with Gasteiger partial charge >= 0.3 is 0 Å². The van der Waals surface area contributed by atoms with Crippen LogP contribution in [0.3, 0.4) is 0 Å². The third kappa shape index (κ3) is 3.46. The summed E-state index contributed by atoms with van der Waals surface area (Å²) in [7, 11) is 0. The van der Waals surface area contributed by atoms with Gasteiger partial charge in [-0.3, -0.25) is 14.5 Å². The molecular weight excluding hydrogens is 401 g/mol. The summed E-state index contributed by atoms with van der Waals surface area (Å²) in [4.78, 5) is 28.0. The highest BCUT2D eigenvalue weighted by Gasteiger charge is 2.44. The molecule has 1 atom stereocenters. The molecular formula is C21H19Cl2NO2S. The number of Topliss-reactive ketones (excluding diaryl/α,β-unsaturated/α-hetero) is 1. The lowest BCUT2D eigenvalue weighted by Crippen LogP contribution is -2.43. The first-order valence-electron chi connectivity index (χ1n) is 8.82. The zero-order valence-electron chi connectivity index (χ0n) is 15.1. The van der Waals surface area contributed by atoms with E-state index in [4.69, 9.17) is 23.2 Å². The molecule has 0 radical (unpaired) electrons. The van der Waals surface area contributed by atoms with Gasteiger partial charge in [-0.15, -0.1) is 0 Å². The number of rotatable bonds is 2. The fourth-order valence-electron chi connectivity index (χ4n) is 4.14. The van der Waals surface area contributed by atoms with Crippen molar-refractivity contribution in [2.24, 2.45) is 5.41 Å². The Morgan fingerprint density at radius 3 is 2.44 bits per heavy atom. The molecule has 0 saturated carbocycles. The van der Waals surface area contributed by atoms with E-state index < -0.39 is 0 Å². The predicted molar refractivity (Wildman–Crippen MR) is 111 cm³/mol. The molecule has 27 heavy (non-hydrogen) atoms. The van der Waals surface area contributed by atoms with E-state index in [9.17, 15) is 9.59 Å². The smallest absolute Gasteiger partial charge is 0.232 e. The van der Waals surface area contributed by atoms with Crippen molar-refractivity contribution >= 4 is 51.9 Å². The summed E-state index contributed by atoms with van der Waals surface area (Å²) in [5.41, 5.74) is 3.02. The van der Waals surface area contributed by atoms with Gasteiger partial charge in [0.05, 0.1) is 5.69 Å². The fourth-order valence-corrected chi connectivity index (χ4v) is 5.37. The van der Waals surface area contributed by atoms with E-state index in [-0.39, 0.29) is 29.4 Å². The van der Waals surface area contributed by atoms with Crippen molar-refractivity contribution in [3.05, 3.63) is 61.9 Å². The maximum absolute atomic E-state index is 13.2. The zero-order chi connectivity index (χ0) is 19.3. The Kier molecular flexibility index (Phi) is 4.69. The number of allylic oxidation sites excluding steroid dienone is 2. The normalized spacial score (nSPS) is 22.2. The second-order valence-corrected chi connectivity index (χ2v) is 9.62. The Labute approximate surface area is 172 Å².